The van der Waals surface area contributed by atoms with Crippen molar-refractivity contribution in [3.05, 3.63) is 46.0 Å². The van der Waals surface area contributed by atoms with E-state index in [0.29, 0.717) is 17.5 Å². The molecule has 2 heterocycles. The predicted molar refractivity (Wildman–Crippen MR) is 75.4 cm³/mol. The molecule has 0 amide bonds. The zero-order valence-corrected chi connectivity index (χ0v) is 12.3. The molecule has 0 radical (unpaired) electrons. The molecular formula is C14H15ClN4O. The number of methoxy groups -OCH3 is 1. The largest absolute Gasteiger partial charge is 0.378 e. The lowest BCUT2D eigenvalue weighted by molar-refractivity contribution is 0.177. The van der Waals surface area contributed by atoms with Crippen molar-refractivity contribution in [1.82, 2.24) is 14.8 Å². The molecule has 0 aliphatic rings. The molecule has 0 fully saturated rings. The molecule has 0 aromatic carbocycles. The monoisotopic (exact) mass is 290 g/mol. The van der Waals surface area contributed by atoms with Gasteiger partial charge in [0.2, 0.25) is 0 Å². The lowest BCUT2D eigenvalue weighted by Crippen LogP contribution is -2.07. The molecule has 0 saturated carbocycles. The first kappa shape index (κ1) is 14.5. The maximum Gasteiger partial charge on any atom is 0.129 e. The van der Waals surface area contributed by atoms with E-state index in [1.807, 2.05) is 14.0 Å². The van der Waals surface area contributed by atoms with Crippen molar-refractivity contribution >= 4 is 11.6 Å². The van der Waals surface area contributed by atoms with Gasteiger partial charge in [0, 0.05) is 19.7 Å². The van der Waals surface area contributed by atoms with Crippen LogP contribution in [0.2, 0.25) is 5.15 Å². The van der Waals surface area contributed by atoms with Crippen LogP contribution < -0.4 is 0 Å². The van der Waals surface area contributed by atoms with Crippen LogP contribution >= 0.6 is 11.6 Å². The van der Waals surface area contributed by atoms with Crippen LogP contribution in [0.1, 0.15) is 28.6 Å². The second-order valence-electron chi connectivity index (χ2n) is 4.45. The highest BCUT2D eigenvalue weighted by atomic mass is 35.5. The van der Waals surface area contributed by atoms with Crippen molar-refractivity contribution in [2.75, 3.05) is 7.11 Å². The Morgan fingerprint density at radius 1 is 1.50 bits per heavy atom. The summed E-state index contributed by atoms with van der Waals surface area (Å²) in [6.45, 7) is 2.27. The molecule has 0 saturated heterocycles. The summed E-state index contributed by atoms with van der Waals surface area (Å²) in [6, 6.07) is 7.55. The van der Waals surface area contributed by atoms with E-state index in [4.69, 9.17) is 16.3 Å². The van der Waals surface area contributed by atoms with E-state index < -0.39 is 5.92 Å². The fraction of sp³-hybridized carbons (Fsp3) is 0.357. The number of ether oxygens (including phenoxy) is 1. The van der Waals surface area contributed by atoms with Crippen molar-refractivity contribution in [3.63, 3.8) is 0 Å². The van der Waals surface area contributed by atoms with E-state index >= 15 is 0 Å². The van der Waals surface area contributed by atoms with Gasteiger partial charge in [0.1, 0.15) is 11.1 Å². The molecule has 2 rings (SSSR count). The minimum atomic E-state index is -0.507. The number of aryl methyl sites for hydroxylation is 2. The zero-order valence-electron chi connectivity index (χ0n) is 11.6. The van der Waals surface area contributed by atoms with Crippen LogP contribution in [0, 0.1) is 18.3 Å². The zero-order chi connectivity index (χ0) is 14.7. The van der Waals surface area contributed by atoms with Gasteiger partial charge in [-0.15, -0.1) is 0 Å². The van der Waals surface area contributed by atoms with Gasteiger partial charge in [0.25, 0.3) is 0 Å². The van der Waals surface area contributed by atoms with Gasteiger partial charge < -0.3 is 4.74 Å². The number of pyridine rings is 1. The van der Waals surface area contributed by atoms with E-state index in [-0.39, 0.29) is 0 Å². The van der Waals surface area contributed by atoms with Crippen LogP contribution in [0.25, 0.3) is 0 Å². The van der Waals surface area contributed by atoms with E-state index in [2.05, 4.69) is 16.2 Å². The topological polar surface area (TPSA) is 63.7 Å². The Morgan fingerprint density at radius 3 is 2.85 bits per heavy atom. The van der Waals surface area contributed by atoms with E-state index in [9.17, 15) is 5.26 Å². The van der Waals surface area contributed by atoms with Crippen molar-refractivity contribution in [2.45, 2.75) is 19.4 Å². The molecule has 5 nitrogen and oxygen atoms in total. The molecule has 0 bridgehead atoms. The number of halogens is 1. The first-order valence-corrected chi connectivity index (χ1v) is 6.49. The average Bonchev–Trinajstić information content (AvgIpc) is 2.67. The molecule has 0 spiro atoms. The third kappa shape index (κ3) is 2.67. The van der Waals surface area contributed by atoms with E-state index in [1.165, 1.54) is 0 Å². The number of hydrogen-bond acceptors (Lipinski definition) is 4. The van der Waals surface area contributed by atoms with Crippen LogP contribution in [0.3, 0.4) is 0 Å². The quantitative estimate of drug-likeness (QED) is 0.812. The maximum absolute atomic E-state index is 9.54. The summed E-state index contributed by atoms with van der Waals surface area (Å²) in [5.74, 6) is -0.507. The highest BCUT2D eigenvalue weighted by Gasteiger charge is 2.24. The summed E-state index contributed by atoms with van der Waals surface area (Å²) in [4.78, 5) is 4.24. The standard InChI is InChI=1S/C14H15ClN4O/c1-9-14(12(8-20-3)19(2)18-9)10(7-16)11-5-4-6-13(15)17-11/h4-6,10H,8H2,1-3H3. The summed E-state index contributed by atoms with van der Waals surface area (Å²) in [6.07, 6.45) is 0. The molecule has 0 N–H and O–H groups in total. The number of rotatable bonds is 4. The summed E-state index contributed by atoms with van der Waals surface area (Å²) in [5.41, 5.74) is 3.13. The van der Waals surface area contributed by atoms with Crippen LogP contribution in [0.5, 0.6) is 0 Å². The number of aromatic nitrogens is 3. The third-order valence-corrected chi connectivity index (χ3v) is 3.33. The lowest BCUT2D eigenvalue weighted by atomic mass is 9.94. The van der Waals surface area contributed by atoms with Gasteiger partial charge in [-0.2, -0.15) is 10.4 Å². The fourth-order valence-electron chi connectivity index (χ4n) is 2.27. The molecule has 104 valence electrons. The second-order valence-corrected chi connectivity index (χ2v) is 4.84. The SMILES string of the molecule is COCc1c(C(C#N)c2cccc(Cl)n2)c(C)nn1C. The van der Waals surface area contributed by atoms with Gasteiger partial charge in [0.05, 0.1) is 29.8 Å². The highest BCUT2D eigenvalue weighted by molar-refractivity contribution is 6.29. The molecule has 2 aromatic rings. The Labute approximate surface area is 122 Å². The van der Waals surface area contributed by atoms with Gasteiger partial charge in [-0.3, -0.25) is 4.68 Å². The van der Waals surface area contributed by atoms with Crippen molar-refractivity contribution in [1.29, 1.82) is 5.26 Å². The molecule has 1 unspecified atom stereocenters. The van der Waals surface area contributed by atoms with Gasteiger partial charge in [-0.1, -0.05) is 17.7 Å². The average molecular weight is 291 g/mol. The summed E-state index contributed by atoms with van der Waals surface area (Å²) in [5, 5.41) is 14.3. The smallest absolute Gasteiger partial charge is 0.129 e. The highest BCUT2D eigenvalue weighted by Crippen LogP contribution is 2.29. The van der Waals surface area contributed by atoms with Crippen LogP contribution in [0.4, 0.5) is 0 Å². The Morgan fingerprint density at radius 2 is 2.25 bits per heavy atom. The van der Waals surface area contributed by atoms with Crippen molar-refractivity contribution in [3.8, 4) is 6.07 Å². The fourth-order valence-corrected chi connectivity index (χ4v) is 2.44. The first-order chi connectivity index (χ1) is 9.58. The van der Waals surface area contributed by atoms with Gasteiger partial charge in [0.15, 0.2) is 0 Å². The van der Waals surface area contributed by atoms with Gasteiger partial charge in [-0.25, -0.2) is 4.98 Å². The molecule has 6 heteroatoms. The number of nitrogens with zero attached hydrogens (tertiary/aromatic N) is 4. The number of nitriles is 1. The van der Waals surface area contributed by atoms with Crippen molar-refractivity contribution < 1.29 is 4.74 Å². The Kier molecular flexibility index (Phi) is 4.38. The summed E-state index contributed by atoms with van der Waals surface area (Å²) < 4.78 is 6.94. The normalized spacial score (nSPS) is 12.2. The number of hydrogen-bond donors (Lipinski definition) is 0. The maximum atomic E-state index is 9.54. The molecule has 20 heavy (non-hydrogen) atoms. The first-order valence-electron chi connectivity index (χ1n) is 6.11. The Bertz CT molecular complexity index is 660. The van der Waals surface area contributed by atoms with Crippen LogP contribution in [0.15, 0.2) is 18.2 Å². The third-order valence-electron chi connectivity index (χ3n) is 3.12. The predicted octanol–water partition coefficient (Wildman–Crippen LogP) is 2.58. The van der Waals surface area contributed by atoms with Crippen LogP contribution in [-0.2, 0) is 18.4 Å². The van der Waals surface area contributed by atoms with Crippen LogP contribution in [-0.4, -0.2) is 21.9 Å². The molecular weight excluding hydrogens is 276 g/mol. The molecule has 0 aliphatic heterocycles. The minimum Gasteiger partial charge on any atom is -0.378 e. The molecule has 2 aromatic heterocycles. The van der Waals surface area contributed by atoms with Gasteiger partial charge in [-0.05, 0) is 19.1 Å². The van der Waals surface area contributed by atoms with Gasteiger partial charge >= 0.3 is 0 Å². The second kappa shape index (κ2) is 6.04. The summed E-state index contributed by atoms with van der Waals surface area (Å²) in [7, 11) is 3.45. The Hall–Kier alpha value is -1.90. The van der Waals surface area contributed by atoms with E-state index in [0.717, 1.165) is 17.0 Å². The lowest BCUT2D eigenvalue weighted by Gasteiger charge is -2.11. The molecule has 0 aliphatic carbocycles. The molecule has 1 atom stereocenters. The summed E-state index contributed by atoms with van der Waals surface area (Å²) >= 11 is 5.91. The Balaban J connectivity index is 2.55. The van der Waals surface area contributed by atoms with E-state index in [1.54, 1.807) is 30.0 Å². The van der Waals surface area contributed by atoms with Crippen molar-refractivity contribution in [2.24, 2.45) is 7.05 Å². The minimum absolute atomic E-state index is 0.373.